The highest BCUT2D eigenvalue weighted by molar-refractivity contribution is 6.30. The fourth-order valence-electron chi connectivity index (χ4n) is 3.62. The summed E-state index contributed by atoms with van der Waals surface area (Å²) in [6.45, 7) is 1.93. The van der Waals surface area contributed by atoms with E-state index in [1.807, 2.05) is 43.3 Å². The Hall–Kier alpha value is -3.18. The van der Waals surface area contributed by atoms with Gasteiger partial charge in [0.15, 0.2) is 0 Å². The molecule has 0 aliphatic heterocycles. The van der Waals surface area contributed by atoms with Crippen LogP contribution in [0.3, 0.4) is 0 Å². The fraction of sp³-hybridized carbons (Fsp3) is 0.200. The number of amides is 2. The van der Waals surface area contributed by atoms with Gasteiger partial charge < -0.3 is 10.6 Å². The fourth-order valence-corrected chi connectivity index (χ4v) is 3.74. The molecule has 6 heteroatoms. The number of rotatable bonds is 6. The van der Waals surface area contributed by atoms with Gasteiger partial charge in [-0.2, -0.15) is 0 Å². The van der Waals surface area contributed by atoms with E-state index in [9.17, 15) is 14.0 Å². The summed E-state index contributed by atoms with van der Waals surface area (Å²) in [6, 6.07) is 19.9. The summed E-state index contributed by atoms with van der Waals surface area (Å²) in [5, 5.41) is 6.55. The van der Waals surface area contributed by atoms with Gasteiger partial charge in [-0.05, 0) is 79.4 Å². The van der Waals surface area contributed by atoms with Crippen molar-refractivity contribution in [3.63, 3.8) is 0 Å². The molecule has 1 saturated carbocycles. The van der Waals surface area contributed by atoms with Gasteiger partial charge in [-0.15, -0.1) is 0 Å². The number of carbonyl (C=O) groups is 2. The highest BCUT2D eigenvalue weighted by Gasteiger charge is 2.51. The quantitative estimate of drug-likeness (QED) is 0.525. The maximum atomic E-state index is 13.0. The first-order chi connectivity index (χ1) is 14.9. The predicted molar refractivity (Wildman–Crippen MR) is 120 cm³/mol. The largest absolute Gasteiger partial charge is 0.349 e. The minimum absolute atomic E-state index is 0.0102. The van der Waals surface area contributed by atoms with Crippen LogP contribution in [0.2, 0.25) is 5.02 Å². The molecule has 0 aromatic heterocycles. The number of benzene rings is 3. The van der Waals surface area contributed by atoms with Crippen molar-refractivity contribution in [3.05, 3.63) is 100 Å². The van der Waals surface area contributed by atoms with E-state index in [0.717, 1.165) is 24.0 Å². The lowest BCUT2D eigenvalue weighted by molar-refractivity contribution is -0.124. The van der Waals surface area contributed by atoms with Crippen molar-refractivity contribution < 1.29 is 14.0 Å². The number of hydrogen-bond donors (Lipinski definition) is 2. The van der Waals surface area contributed by atoms with Gasteiger partial charge >= 0.3 is 0 Å². The third kappa shape index (κ3) is 4.62. The summed E-state index contributed by atoms with van der Waals surface area (Å²) in [5.74, 6) is -0.690. The Morgan fingerprint density at radius 2 is 1.55 bits per heavy atom. The molecule has 2 N–H and O–H groups in total. The van der Waals surface area contributed by atoms with Crippen molar-refractivity contribution in [1.82, 2.24) is 5.32 Å². The van der Waals surface area contributed by atoms with Crippen LogP contribution in [0.15, 0.2) is 72.8 Å². The summed E-state index contributed by atoms with van der Waals surface area (Å²) in [7, 11) is 0. The molecule has 3 aromatic rings. The Kier molecular flexibility index (Phi) is 5.79. The molecule has 1 aliphatic carbocycles. The average Bonchev–Trinajstić information content (AvgIpc) is 3.57. The molecular weight excluding hydrogens is 415 g/mol. The van der Waals surface area contributed by atoms with Gasteiger partial charge in [-0.25, -0.2) is 4.39 Å². The minimum Gasteiger partial charge on any atom is -0.349 e. The van der Waals surface area contributed by atoms with Crippen molar-refractivity contribution in [2.24, 2.45) is 0 Å². The zero-order valence-electron chi connectivity index (χ0n) is 17.0. The van der Waals surface area contributed by atoms with E-state index in [0.29, 0.717) is 16.3 Å². The second-order valence-corrected chi connectivity index (χ2v) is 8.30. The first kappa shape index (κ1) is 21.1. The third-order valence-electron chi connectivity index (χ3n) is 5.70. The summed E-state index contributed by atoms with van der Waals surface area (Å²) in [6.07, 6.45) is 1.64. The summed E-state index contributed by atoms with van der Waals surface area (Å²) in [5.41, 5.74) is 2.45. The lowest BCUT2D eigenvalue weighted by atomic mass is 9.94. The molecule has 0 saturated heterocycles. The van der Waals surface area contributed by atoms with Crippen molar-refractivity contribution >= 4 is 29.1 Å². The second-order valence-electron chi connectivity index (χ2n) is 7.87. The van der Waals surface area contributed by atoms with E-state index >= 15 is 0 Å². The van der Waals surface area contributed by atoms with E-state index in [1.165, 1.54) is 24.3 Å². The minimum atomic E-state index is -0.470. The van der Waals surface area contributed by atoms with Crippen LogP contribution in [0, 0.1) is 5.82 Å². The zero-order chi connectivity index (χ0) is 22.0. The van der Waals surface area contributed by atoms with Crippen LogP contribution in [0.25, 0.3) is 0 Å². The molecule has 0 heterocycles. The Morgan fingerprint density at radius 3 is 2.13 bits per heavy atom. The van der Waals surface area contributed by atoms with E-state index in [2.05, 4.69) is 10.6 Å². The highest BCUT2D eigenvalue weighted by atomic mass is 35.5. The van der Waals surface area contributed by atoms with Gasteiger partial charge in [0.2, 0.25) is 5.91 Å². The Bertz CT molecular complexity index is 1090. The van der Waals surface area contributed by atoms with Crippen molar-refractivity contribution in [3.8, 4) is 0 Å². The SMILES string of the molecule is CC(NC(=O)C1(c2ccc(Cl)cc2)CC1)c1ccc(NC(=O)c2ccc(F)cc2)cc1. The van der Waals surface area contributed by atoms with Crippen molar-refractivity contribution in [2.75, 3.05) is 5.32 Å². The maximum Gasteiger partial charge on any atom is 0.255 e. The first-order valence-corrected chi connectivity index (χ1v) is 10.5. The lowest BCUT2D eigenvalue weighted by Crippen LogP contribution is -2.36. The number of anilines is 1. The molecule has 0 bridgehead atoms. The Labute approximate surface area is 185 Å². The van der Waals surface area contributed by atoms with Crippen molar-refractivity contribution in [2.45, 2.75) is 31.2 Å². The molecule has 158 valence electrons. The molecule has 4 rings (SSSR count). The molecule has 4 nitrogen and oxygen atoms in total. The smallest absolute Gasteiger partial charge is 0.255 e. The maximum absolute atomic E-state index is 13.0. The van der Waals surface area contributed by atoms with Crippen LogP contribution in [0.5, 0.6) is 0 Å². The molecule has 3 aromatic carbocycles. The third-order valence-corrected chi connectivity index (χ3v) is 5.96. The molecule has 0 radical (unpaired) electrons. The van der Waals surface area contributed by atoms with Gasteiger partial charge in [0.05, 0.1) is 11.5 Å². The summed E-state index contributed by atoms with van der Waals surface area (Å²) in [4.78, 5) is 25.2. The first-order valence-electron chi connectivity index (χ1n) is 10.1. The normalized spacial score (nSPS) is 15.1. The monoisotopic (exact) mass is 436 g/mol. The molecule has 31 heavy (non-hydrogen) atoms. The van der Waals surface area contributed by atoms with Gasteiger partial charge in [0.25, 0.3) is 5.91 Å². The lowest BCUT2D eigenvalue weighted by Gasteiger charge is -2.20. The number of carbonyl (C=O) groups excluding carboxylic acids is 2. The summed E-state index contributed by atoms with van der Waals surface area (Å²) >= 11 is 5.97. The van der Waals surface area contributed by atoms with E-state index < -0.39 is 5.41 Å². The molecule has 1 fully saturated rings. The van der Waals surface area contributed by atoms with Crippen LogP contribution >= 0.6 is 11.6 Å². The average molecular weight is 437 g/mol. The standard InChI is InChI=1S/C25H22ClFN2O2/c1-16(28-24(31)25(14-15-25)19-6-8-20(26)9-7-19)17-4-12-22(13-5-17)29-23(30)18-2-10-21(27)11-3-18/h2-13,16H,14-15H2,1H3,(H,28,31)(H,29,30). The number of halogens is 2. The topological polar surface area (TPSA) is 58.2 Å². The van der Waals surface area contributed by atoms with Gasteiger partial charge in [0, 0.05) is 16.3 Å². The van der Waals surface area contributed by atoms with Crippen LogP contribution in [-0.4, -0.2) is 11.8 Å². The zero-order valence-corrected chi connectivity index (χ0v) is 17.7. The molecule has 1 aliphatic rings. The van der Waals surface area contributed by atoms with E-state index in [1.54, 1.807) is 12.1 Å². The van der Waals surface area contributed by atoms with E-state index in [4.69, 9.17) is 11.6 Å². The van der Waals surface area contributed by atoms with Crippen molar-refractivity contribution in [1.29, 1.82) is 0 Å². The van der Waals surface area contributed by atoms with Gasteiger partial charge in [-0.3, -0.25) is 9.59 Å². The van der Waals surface area contributed by atoms with Gasteiger partial charge in [0.1, 0.15) is 5.82 Å². The molecular formula is C25H22ClFN2O2. The van der Waals surface area contributed by atoms with Gasteiger partial charge in [-0.1, -0.05) is 35.9 Å². The molecule has 1 atom stereocenters. The van der Waals surface area contributed by atoms with Crippen LogP contribution in [0.4, 0.5) is 10.1 Å². The molecule has 1 unspecified atom stereocenters. The number of hydrogen-bond acceptors (Lipinski definition) is 2. The predicted octanol–water partition coefficient (Wildman–Crippen LogP) is 5.64. The molecule has 2 amide bonds. The Balaban J connectivity index is 1.38. The van der Waals surface area contributed by atoms with Crippen LogP contribution < -0.4 is 10.6 Å². The second kappa shape index (κ2) is 8.52. The Morgan fingerprint density at radius 1 is 0.935 bits per heavy atom. The van der Waals surface area contributed by atoms with Crippen LogP contribution in [0.1, 0.15) is 47.3 Å². The van der Waals surface area contributed by atoms with Crippen LogP contribution in [-0.2, 0) is 10.2 Å². The highest BCUT2D eigenvalue weighted by Crippen LogP contribution is 2.48. The van der Waals surface area contributed by atoms with E-state index in [-0.39, 0.29) is 23.7 Å². The number of nitrogens with one attached hydrogen (secondary N) is 2. The molecule has 0 spiro atoms. The summed E-state index contributed by atoms with van der Waals surface area (Å²) < 4.78 is 13.0.